The van der Waals surface area contributed by atoms with Crippen molar-refractivity contribution in [3.63, 3.8) is 0 Å². The number of nitrogens with one attached hydrogen (secondary N) is 7. The zero-order valence-corrected chi connectivity index (χ0v) is 54.7. The fourth-order valence-electron chi connectivity index (χ4n) is 9.40. The predicted octanol–water partition coefficient (Wildman–Crippen LogP) is -10.7. The number of aliphatic hydroxyl groups is 9. The highest BCUT2D eigenvalue weighted by Crippen LogP contribution is 2.25. The summed E-state index contributed by atoms with van der Waals surface area (Å²) in [6.07, 6.45) is -16.0. The lowest BCUT2D eigenvalue weighted by molar-refractivity contribution is -0.272. The molecule has 0 radical (unpaired) electrons. The average Bonchev–Trinajstić information content (AvgIpc) is 0.838. The van der Waals surface area contributed by atoms with Crippen molar-refractivity contribution in [2.75, 3.05) is 185 Å². The first-order chi connectivity index (χ1) is 46.1. The summed E-state index contributed by atoms with van der Waals surface area (Å²) >= 11 is 0. The molecule has 3 aliphatic heterocycles. The zero-order valence-electron chi connectivity index (χ0n) is 54.7. The van der Waals surface area contributed by atoms with Gasteiger partial charge in [-0.2, -0.15) is 0 Å². The Morgan fingerprint density at radius 3 is 0.875 bits per heavy atom. The van der Waals surface area contributed by atoms with Gasteiger partial charge < -0.3 is 160 Å². The molecule has 0 aromatic rings. The van der Waals surface area contributed by atoms with E-state index in [4.69, 9.17) is 76.8 Å². The second-order valence-corrected chi connectivity index (χ2v) is 22.1. The van der Waals surface area contributed by atoms with Gasteiger partial charge in [0.1, 0.15) is 78.6 Å². The summed E-state index contributed by atoms with van der Waals surface area (Å²) in [6.45, 7) is 2.11. The summed E-state index contributed by atoms with van der Waals surface area (Å²) in [5.41, 5.74) is 4.25. The normalized spacial score (nSPS) is 26.4. The van der Waals surface area contributed by atoms with Gasteiger partial charge in [-0.1, -0.05) is 0 Å². The summed E-state index contributed by atoms with van der Waals surface area (Å²) in [7, 11) is 0. The Labute approximate surface area is 555 Å². The van der Waals surface area contributed by atoms with Crippen molar-refractivity contribution in [2.45, 2.75) is 138 Å². The Kier molecular flexibility index (Phi) is 44.3. The smallest absolute Gasteiger partial charge is 0.234 e. The first-order valence-corrected chi connectivity index (χ1v) is 31.6. The Morgan fingerprint density at radius 2 is 0.625 bits per heavy atom. The molecular weight excluding hydrogens is 1290 g/mol. The van der Waals surface area contributed by atoms with E-state index >= 15 is 0 Å². The third-order valence-corrected chi connectivity index (χ3v) is 14.2. The van der Waals surface area contributed by atoms with E-state index < -0.39 is 147 Å². The number of rotatable bonds is 53. The quantitative estimate of drug-likeness (QED) is 0.0252. The van der Waals surface area contributed by atoms with E-state index in [1.807, 2.05) is 0 Å². The Balaban J connectivity index is 1.40. The van der Waals surface area contributed by atoms with Crippen LogP contribution in [-0.4, -0.2) is 370 Å². The van der Waals surface area contributed by atoms with Crippen LogP contribution in [0.25, 0.3) is 0 Å². The Morgan fingerprint density at radius 1 is 0.365 bits per heavy atom. The molecule has 3 heterocycles. The van der Waals surface area contributed by atoms with Crippen molar-refractivity contribution in [3.8, 4) is 0 Å². The van der Waals surface area contributed by atoms with Gasteiger partial charge in [0, 0.05) is 59.7 Å². The van der Waals surface area contributed by atoms with Gasteiger partial charge in [0.05, 0.1) is 165 Å². The minimum Gasteiger partial charge on any atom is -0.394 e. The van der Waals surface area contributed by atoms with Gasteiger partial charge in [-0.25, -0.2) is 0 Å². The van der Waals surface area contributed by atoms with Crippen LogP contribution in [-0.2, 0) is 105 Å². The lowest BCUT2D eigenvalue weighted by Crippen LogP contribution is -2.64. The highest BCUT2D eigenvalue weighted by molar-refractivity contribution is 5.79. The van der Waals surface area contributed by atoms with E-state index in [1.165, 1.54) is 20.8 Å². The highest BCUT2D eigenvalue weighted by atomic mass is 16.7. The minimum atomic E-state index is -1.46. The molecule has 3 saturated heterocycles. The maximum Gasteiger partial charge on any atom is 0.234 e. The van der Waals surface area contributed by atoms with Gasteiger partial charge in [0.25, 0.3) is 0 Å². The monoisotopic (exact) mass is 1400 g/mol. The Hall–Kier alpha value is -4.71. The molecule has 18 N–H and O–H groups in total. The van der Waals surface area contributed by atoms with Crippen molar-refractivity contribution >= 4 is 41.4 Å². The van der Waals surface area contributed by atoms with Crippen LogP contribution in [0.3, 0.4) is 0 Å². The first-order valence-electron chi connectivity index (χ1n) is 31.6. The number of nitrogens with two attached hydrogens (primary N) is 1. The van der Waals surface area contributed by atoms with Crippen molar-refractivity contribution in [1.29, 1.82) is 0 Å². The maximum absolute atomic E-state index is 12.9. The molecule has 15 atom stereocenters. The summed E-state index contributed by atoms with van der Waals surface area (Å²) in [6, 6.07) is -3.28. The molecule has 9 unspecified atom stereocenters. The van der Waals surface area contributed by atoms with Crippen LogP contribution in [0, 0.1) is 0 Å². The van der Waals surface area contributed by atoms with Crippen LogP contribution >= 0.6 is 0 Å². The van der Waals surface area contributed by atoms with Gasteiger partial charge in [-0.3, -0.25) is 33.6 Å². The highest BCUT2D eigenvalue weighted by Gasteiger charge is 2.48. The number of carbonyl (C=O) groups excluding carboxylic acids is 7. The van der Waals surface area contributed by atoms with E-state index in [0.717, 1.165) is 0 Å². The van der Waals surface area contributed by atoms with Crippen LogP contribution in [0.4, 0.5) is 0 Å². The minimum absolute atomic E-state index is 0.0280. The number of aliphatic hydroxyl groups excluding tert-OH is 9. The molecule has 0 aliphatic carbocycles. The van der Waals surface area contributed by atoms with Crippen molar-refractivity contribution < 1.29 is 151 Å². The van der Waals surface area contributed by atoms with E-state index in [9.17, 15) is 79.5 Å². The topological polar surface area (TPSA) is 550 Å². The molecule has 96 heavy (non-hydrogen) atoms. The van der Waals surface area contributed by atoms with E-state index in [0.29, 0.717) is 0 Å². The summed E-state index contributed by atoms with van der Waals surface area (Å²) in [5, 5.41) is 109. The molecule has 39 heteroatoms. The molecule has 0 aromatic carbocycles. The van der Waals surface area contributed by atoms with E-state index in [1.54, 1.807) is 0 Å². The van der Waals surface area contributed by atoms with Crippen LogP contribution in [0.5, 0.6) is 0 Å². The van der Waals surface area contributed by atoms with Crippen LogP contribution in [0.2, 0.25) is 0 Å². The second kappa shape index (κ2) is 49.7. The third kappa shape index (κ3) is 33.9. The molecule has 0 aromatic heterocycles. The summed E-state index contributed by atoms with van der Waals surface area (Å²) in [4.78, 5) is 86.0. The zero-order chi connectivity index (χ0) is 70.7. The van der Waals surface area contributed by atoms with E-state index in [-0.39, 0.29) is 195 Å². The third-order valence-electron chi connectivity index (χ3n) is 14.2. The molecule has 558 valence electrons. The summed E-state index contributed by atoms with van der Waals surface area (Å²) in [5.74, 6) is -3.26. The number of amides is 7. The van der Waals surface area contributed by atoms with Gasteiger partial charge in [-0.05, 0) is 0 Å². The molecule has 7 amide bonds. The van der Waals surface area contributed by atoms with Crippen molar-refractivity contribution in [3.05, 3.63) is 0 Å². The van der Waals surface area contributed by atoms with Gasteiger partial charge >= 0.3 is 0 Å². The fraction of sp³-hybridized carbons (Fsp3) is 0.877. The predicted molar refractivity (Wildman–Crippen MR) is 324 cm³/mol. The van der Waals surface area contributed by atoms with Gasteiger partial charge in [0.2, 0.25) is 41.4 Å². The largest absolute Gasteiger partial charge is 0.394 e. The number of ether oxygens (including phenoxy) is 15. The van der Waals surface area contributed by atoms with Crippen molar-refractivity contribution in [2.24, 2.45) is 5.73 Å². The molecule has 0 bridgehead atoms. The first kappa shape index (κ1) is 85.5. The SMILES string of the molecule is CC(=O)NC1C(O)[C@@H](O)C(CO)O[C@H]1OCCOCCOCCNC(=O)CCOCC(COCCC(=O)NCCOCCOCCO[C@@H]1OC(CO)[C@H](O)C(O)C1NC(C)=O)(COCCC(=O)NCCOCCOCCO[C@@H]1OC(CO)[C@H](O)C(O)C1NC(C)=O)NC(=O)CN. The van der Waals surface area contributed by atoms with Crippen LogP contribution < -0.4 is 43.0 Å². The number of hydrogen-bond donors (Lipinski definition) is 17. The summed E-state index contributed by atoms with van der Waals surface area (Å²) < 4.78 is 84.0. The standard InChI is InChI=1S/C57H104N8O31/c1-35(69)62-45-51(79)48(76)38(29-66)94-54(45)91-25-22-85-19-16-82-13-7-59-41(72)4-10-88-32-57(65-44(75)28-58,33-89-11-5-42(73)60-8-14-83-17-20-86-23-26-92-55-46(63-36(2)70)52(80)49(77)39(30-67)95-55)34-90-12-6-43(74)61-9-15-84-18-21-87-24-27-93-56-47(64-37(3)71)53(81)50(78)40(31-68)96-56/h38-40,45-56,66-68,76-81H,4-34,58H2,1-3H3,(H,59,72)(H,60,73)(H,61,74)(H,62,69)(H,63,70)(H,64,71)(H,65,75)/t38?,39?,40?,45?,46?,47?,48-,49-,50-,51?,52?,53?,54+,55+,56+,57?/m0/s1. The molecule has 0 saturated carbocycles. The molecule has 39 nitrogen and oxygen atoms in total. The van der Waals surface area contributed by atoms with E-state index in [2.05, 4.69) is 37.2 Å². The van der Waals surface area contributed by atoms with Gasteiger partial charge in [0.15, 0.2) is 18.9 Å². The molecular formula is C57H104N8O31. The van der Waals surface area contributed by atoms with Gasteiger partial charge in [-0.15, -0.1) is 0 Å². The number of carbonyl (C=O) groups is 7. The van der Waals surface area contributed by atoms with Crippen LogP contribution in [0.15, 0.2) is 0 Å². The molecule has 3 rings (SSSR count). The molecule has 3 aliphatic rings. The lowest BCUT2D eigenvalue weighted by Gasteiger charge is -2.42. The average molecular weight is 1400 g/mol. The number of hydrogen-bond acceptors (Lipinski definition) is 32. The van der Waals surface area contributed by atoms with Crippen molar-refractivity contribution in [1.82, 2.24) is 37.2 Å². The fourth-order valence-corrected chi connectivity index (χ4v) is 9.40. The molecule has 3 fully saturated rings. The van der Waals surface area contributed by atoms with Crippen LogP contribution in [0.1, 0.15) is 40.0 Å². The second-order valence-electron chi connectivity index (χ2n) is 22.1. The Bertz CT molecular complexity index is 1970. The maximum atomic E-state index is 12.9. The molecule has 0 spiro atoms. The lowest BCUT2D eigenvalue weighted by atomic mass is 9.97.